The third kappa shape index (κ3) is 2.97. The van der Waals surface area contributed by atoms with Crippen molar-refractivity contribution in [3.05, 3.63) is 42.1 Å². The molecule has 1 N–H and O–H groups in total. The van der Waals surface area contributed by atoms with Gasteiger partial charge in [-0.25, -0.2) is 0 Å². The van der Waals surface area contributed by atoms with Gasteiger partial charge in [-0.1, -0.05) is 0 Å². The van der Waals surface area contributed by atoms with Crippen LogP contribution in [-0.4, -0.2) is 15.8 Å². The Morgan fingerprint density at radius 1 is 1.47 bits per heavy atom. The number of aryl methyl sites for hydroxylation is 1. The number of nitrogens with zero attached hydrogens (tertiary/aromatic N) is 2. The molecule has 2 aromatic heterocycles. The van der Waals surface area contributed by atoms with E-state index in [1.807, 2.05) is 23.0 Å². The number of aromatic nitrogens is 2. The van der Waals surface area contributed by atoms with Crippen molar-refractivity contribution in [1.82, 2.24) is 15.1 Å². The molecule has 0 spiro atoms. The van der Waals surface area contributed by atoms with Crippen molar-refractivity contribution in [2.45, 2.75) is 39.4 Å². The summed E-state index contributed by atoms with van der Waals surface area (Å²) in [5.74, 6) is 0.959. The van der Waals surface area contributed by atoms with E-state index < -0.39 is 0 Å². The third-order valence-corrected chi connectivity index (χ3v) is 3.05. The van der Waals surface area contributed by atoms with Gasteiger partial charge in [0.05, 0.1) is 25.0 Å². The fraction of sp³-hybridized carbons (Fsp3) is 0.462. The van der Waals surface area contributed by atoms with Crippen molar-refractivity contribution < 1.29 is 4.42 Å². The minimum absolute atomic E-state index is 0.318. The van der Waals surface area contributed by atoms with Crippen molar-refractivity contribution in [2.24, 2.45) is 0 Å². The number of hydrogen-bond acceptors (Lipinski definition) is 3. The van der Waals surface area contributed by atoms with E-state index in [0.717, 1.165) is 12.3 Å². The van der Waals surface area contributed by atoms with Gasteiger partial charge in [0.2, 0.25) is 0 Å². The molecular formula is C13H19N3O. The first kappa shape index (κ1) is 11.9. The summed E-state index contributed by atoms with van der Waals surface area (Å²) < 4.78 is 7.28. The van der Waals surface area contributed by atoms with Crippen molar-refractivity contribution >= 4 is 0 Å². The average molecular weight is 233 g/mol. The molecule has 2 aromatic rings. The third-order valence-electron chi connectivity index (χ3n) is 3.05. The Hall–Kier alpha value is -1.55. The Morgan fingerprint density at radius 3 is 2.88 bits per heavy atom. The monoisotopic (exact) mass is 233 g/mol. The molecule has 0 bridgehead atoms. The SMILES string of the molecule is Cc1cnn(C(C)C(C)NCc2ccco2)c1. The molecule has 0 amide bonds. The topological polar surface area (TPSA) is 43.0 Å². The minimum Gasteiger partial charge on any atom is -0.468 e. The molecule has 0 radical (unpaired) electrons. The fourth-order valence-corrected chi connectivity index (χ4v) is 1.73. The zero-order chi connectivity index (χ0) is 12.3. The summed E-state index contributed by atoms with van der Waals surface area (Å²) >= 11 is 0. The quantitative estimate of drug-likeness (QED) is 0.863. The maximum Gasteiger partial charge on any atom is 0.117 e. The van der Waals surface area contributed by atoms with E-state index in [1.165, 1.54) is 5.56 Å². The van der Waals surface area contributed by atoms with E-state index in [4.69, 9.17) is 4.42 Å². The normalized spacial score (nSPS) is 14.8. The maximum absolute atomic E-state index is 5.29. The highest BCUT2D eigenvalue weighted by molar-refractivity contribution is 5.01. The number of rotatable bonds is 5. The van der Waals surface area contributed by atoms with E-state index in [1.54, 1.807) is 6.26 Å². The first-order chi connectivity index (χ1) is 8.16. The van der Waals surface area contributed by atoms with Gasteiger partial charge >= 0.3 is 0 Å². The summed E-state index contributed by atoms with van der Waals surface area (Å²) in [6.45, 7) is 7.12. The first-order valence-electron chi connectivity index (χ1n) is 5.93. The Kier molecular flexibility index (Phi) is 3.64. The molecule has 17 heavy (non-hydrogen) atoms. The molecule has 0 aromatic carbocycles. The second kappa shape index (κ2) is 5.19. The van der Waals surface area contributed by atoms with Gasteiger partial charge < -0.3 is 9.73 Å². The highest BCUT2D eigenvalue weighted by Gasteiger charge is 2.14. The zero-order valence-corrected chi connectivity index (χ0v) is 10.6. The highest BCUT2D eigenvalue weighted by Crippen LogP contribution is 2.11. The summed E-state index contributed by atoms with van der Waals surface area (Å²) in [5, 5.41) is 7.77. The maximum atomic E-state index is 5.29. The lowest BCUT2D eigenvalue weighted by atomic mass is 10.1. The smallest absolute Gasteiger partial charge is 0.117 e. The van der Waals surface area contributed by atoms with Gasteiger partial charge in [-0.15, -0.1) is 0 Å². The molecule has 2 rings (SSSR count). The first-order valence-corrected chi connectivity index (χ1v) is 5.93. The predicted molar refractivity (Wildman–Crippen MR) is 66.7 cm³/mol. The van der Waals surface area contributed by atoms with Gasteiger partial charge in [0.1, 0.15) is 5.76 Å². The van der Waals surface area contributed by atoms with Gasteiger partial charge in [-0.05, 0) is 38.5 Å². The largest absolute Gasteiger partial charge is 0.468 e. The standard InChI is InChI=1S/C13H19N3O/c1-10-7-15-16(9-10)12(3)11(2)14-8-13-5-4-6-17-13/h4-7,9,11-12,14H,8H2,1-3H3. The van der Waals surface area contributed by atoms with Crippen molar-refractivity contribution in [3.63, 3.8) is 0 Å². The Morgan fingerprint density at radius 2 is 2.29 bits per heavy atom. The Balaban J connectivity index is 1.89. The van der Waals surface area contributed by atoms with Crippen LogP contribution >= 0.6 is 0 Å². The Labute approximate surface area is 102 Å². The average Bonchev–Trinajstić information content (AvgIpc) is 2.95. The molecule has 0 aliphatic rings. The second-order valence-electron chi connectivity index (χ2n) is 4.49. The molecule has 92 valence electrons. The van der Waals surface area contributed by atoms with E-state index in [-0.39, 0.29) is 0 Å². The van der Waals surface area contributed by atoms with Crippen LogP contribution in [0.25, 0.3) is 0 Å². The molecule has 0 aliphatic carbocycles. The van der Waals surface area contributed by atoms with Crippen LogP contribution in [0, 0.1) is 6.92 Å². The molecule has 2 atom stereocenters. The summed E-state index contributed by atoms with van der Waals surface area (Å²) in [5.41, 5.74) is 1.19. The van der Waals surface area contributed by atoms with Gasteiger partial charge in [0.15, 0.2) is 0 Å². The molecule has 0 fully saturated rings. The second-order valence-corrected chi connectivity index (χ2v) is 4.49. The molecule has 2 unspecified atom stereocenters. The van der Waals surface area contributed by atoms with Gasteiger partial charge in [-0.3, -0.25) is 4.68 Å². The van der Waals surface area contributed by atoms with Crippen LogP contribution in [0.15, 0.2) is 35.2 Å². The van der Waals surface area contributed by atoms with E-state index >= 15 is 0 Å². The van der Waals surface area contributed by atoms with E-state index in [9.17, 15) is 0 Å². The Bertz CT molecular complexity index is 447. The molecule has 2 heterocycles. The van der Waals surface area contributed by atoms with Crippen molar-refractivity contribution in [3.8, 4) is 0 Å². The fourth-order valence-electron chi connectivity index (χ4n) is 1.73. The molecule has 0 saturated heterocycles. The van der Waals surface area contributed by atoms with Gasteiger partial charge in [0, 0.05) is 12.2 Å². The summed E-state index contributed by atoms with van der Waals surface area (Å²) in [7, 11) is 0. The van der Waals surface area contributed by atoms with Crippen LogP contribution in [-0.2, 0) is 6.54 Å². The molecule has 4 nitrogen and oxygen atoms in total. The van der Waals surface area contributed by atoms with E-state index in [0.29, 0.717) is 12.1 Å². The zero-order valence-electron chi connectivity index (χ0n) is 10.6. The molecule has 0 saturated carbocycles. The van der Waals surface area contributed by atoms with Gasteiger partial charge in [0.25, 0.3) is 0 Å². The van der Waals surface area contributed by atoms with Gasteiger partial charge in [-0.2, -0.15) is 5.10 Å². The van der Waals surface area contributed by atoms with Crippen LogP contribution in [0.4, 0.5) is 0 Å². The minimum atomic E-state index is 0.318. The predicted octanol–water partition coefficient (Wildman–Crippen LogP) is 2.52. The van der Waals surface area contributed by atoms with E-state index in [2.05, 4.69) is 37.4 Å². The van der Waals surface area contributed by atoms with Crippen LogP contribution in [0.5, 0.6) is 0 Å². The lowest BCUT2D eigenvalue weighted by molar-refractivity contribution is 0.351. The molecule has 0 aliphatic heterocycles. The molecular weight excluding hydrogens is 214 g/mol. The number of nitrogens with one attached hydrogen (secondary N) is 1. The number of hydrogen-bond donors (Lipinski definition) is 1. The highest BCUT2D eigenvalue weighted by atomic mass is 16.3. The lowest BCUT2D eigenvalue weighted by Crippen LogP contribution is -2.33. The van der Waals surface area contributed by atoms with Crippen LogP contribution < -0.4 is 5.32 Å². The van der Waals surface area contributed by atoms with Crippen LogP contribution in [0.3, 0.4) is 0 Å². The van der Waals surface area contributed by atoms with Crippen molar-refractivity contribution in [2.75, 3.05) is 0 Å². The van der Waals surface area contributed by atoms with Crippen LogP contribution in [0.1, 0.15) is 31.2 Å². The van der Waals surface area contributed by atoms with Crippen molar-refractivity contribution in [1.29, 1.82) is 0 Å². The molecule has 4 heteroatoms. The summed E-state index contributed by atoms with van der Waals surface area (Å²) in [6, 6.07) is 4.53. The lowest BCUT2D eigenvalue weighted by Gasteiger charge is -2.21. The number of furan rings is 1. The summed E-state index contributed by atoms with van der Waals surface area (Å²) in [4.78, 5) is 0. The summed E-state index contributed by atoms with van der Waals surface area (Å²) in [6.07, 6.45) is 5.65. The van der Waals surface area contributed by atoms with Crippen LogP contribution in [0.2, 0.25) is 0 Å².